The van der Waals surface area contributed by atoms with Crippen molar-refractivity contribution < 1.29 is 13.9 Å². The third-order valence-corrected chi connectivity index (χ3v) is 4.35. The van der Waals surface area contributed by atoms with Crippen molar-refractivity contribution in [2.75, 3.05) is 18.5 Å². The van der Waals surface area contributed by atoms with Gasteiger partial charge in [0.25, 0.3) is 5.91 Å². The van der Waals surface area contributed by atoms with Crippen molar-refractivity contribution in [3.63, 3.8) is 0 Å². The Labute approximate surface area is 168 Å². The second-order valence-electron chi connectivity index (χ2n) is 6.34. The van der Waals surface area contributed by atoms with Gasteiger partial charge in [0.1, 0.15) is 12.4 Å². The van der Waals surface area contributed by atoms with Gasteiger partial charge in [-0.25, -0.2) is 9.38 Å². The topological polar surface area (TPSA) is 50.7 Å². The van der Waals surface area contributed by atoms with Crippen LogP contribution in [0.15, 0.2) is 77.8 Å². The molecular weight excluding hydrogens is 367 g/mol. The van der Waals surface area contributed by atoms with Gasteiger partial charge in [-0.3, -0.25) is 4.79 Å². The maximum atomic E-state index is 13.1. The summed E-state index contributed by atoms with van der Waals surface area (Å²) in [6, 6.07) is 20.4. The minimum atomic E-state index is -0.315. The number of amides is 1. The summed E-state index contributed by atoms with van der Waals surface area (Å²) in [6.45, 7) is 1.15. The molecule has 3 aromatic rings. The van der Waals surface area contributed by atoms with Crippen molar-refractivity contribution in [3.8, 4) is 11.8 Å². The van der Waals surface area contributed by atoms with Crippen LogP contribution in [0.4, 0.5) is 10.1 Å². The standard InChI is InChI=1S/C24H17FN2O2/c25-19-13-10-17(11-14-19)9-12-18-5-1-2-6-20(18)23(28)27-22-8-4-3-7-21(22)24-26-15-16-29-24/h1-8,10-11,13-14H,15-16H2,(H,27,28). The molecule has 3 aromatic carbocycles. The molecule has 142 valence electrons. The van der Waals surface area contributed by atoms with Crippen molar-refractivity contribution in [2.45, 2.75) is 0 Å². The van der Waals surface area contributed by atoms with Crippen LogP contribution in [0.3, 0.4) is 0 Å². The van der Waals surface area contributed by atoms with Crippen molar-refractivity contribution in [1.82, 2.24) is 0 Å². The van der Waals surface area contributed by atoms with E-state index >= 15 is 0 Å². The number of aliphatic imine (C=N–C) groups is 1. The molecule has 0 saturated heterocycles. The predicted octanol–water partition coefficient (Wildman–Crippen LogP) is 4.25. The van der Waals surface area contributed by atoms with Crippen molar-refractivity contribution in [3.05, 3.63) is 101 Å². The van der Waals surface area contributed by atoms with E-state index < -0.39 is 0 Å². The quantitative estimate of drug-likeness (QED) is 0.686. The first kappa shape index (κ1) is 18.5. The zero-order chi connectivity index (χ0) is 20.1. The number of halogens is 1. The molecule has 1 heterocycles. The van der Waals surface area contributed by atoms with Gasteiger partial charge in [0.2, 0.25) is 5.90 Å². The Morgan fingerprint density at radius 1 is 0.966 bits per heavy atom. The first-order chi connectivity index (χ1) is 14.2. The lowest BCUT2D eigenvalue weighted by molar-refractivity contribution is 0.102. The summed E-state index contributed by atoms with van der Waals surface area (Å²) >= 11 is 0. The summed E-state index contributed by atoms with van der Waals surface area (Å²) in [5, 5.41) is 2.93. The van der Waals surface area contributed by atoms with Crippen LogP contribution in [0, 0.1) is 17.7 Å². The second kappa shape index (κ2) is 8.41. The molecule has 1 N–H and O–H groups in total. The average Bonchev–Trinajstić information content (AvgIpc) is 3.29. The predicted molar refractivity (Wildman–Crippen MR) is 111 cm³/mol. The van der Waals surface area contributed by atoms with E-state index in [0.29, 0.717) is 41.4 Å². The normalized spacial score (nSPS) is 12.4. The molecule has 0 radical (unpaired) electrons. The largest absolute Gasteiger partial charge is 0.475 e. The number of para-hydroxylation sites is 1. The Morgan fingerprint density at radius 2 is 1.72 bits per heavy atom. The van der Waals surface area contributed by atoms with Crippen LogP contribution in [0.2, 0.25) is 0 Å². The molecule has 0 fully saturated rings. The number of hydrogen-bond donors (Lipinski definition) is 1. The van der Waals surface area contributed by atoms with Gasteiger partial charge in [0.15, 0.2) is 0 Å². The number of benzene rings is 3. The van der Waals surface area contributed by atoms with Gasteiger partial charge in [-0.1, -0.05) is 36.1 Å². The van der Waals surface area contributed by atoms with Gasteiger partial charge in [0.05, 0.1) is 23.4 Å². The van der Waals surface area contributed by atoms with Gasteiger partial charge in [-0.05, 0) is 48.5 Å². The van der Waals surface area contributed by atoms with Crippen molar-refractivity contribution in [1.29, 1.82) is 0 Å². The highest BCUT2D eigenvalue weighted by molar-refractivity contribution is 6.10. The van der Waals surface area contributed by atoms with Crippen LogP contribution >= 0.6 is 0 Å². The number of ether oxygens (including phenoxy) is 1. The molecular formula is C24H17FN2O2. The zero-order valence-corrected chi connectivity index (χ0v) is 15.5. The highest BCUT2D eigenvalue weighted by Gasteiger charge is 2.17. The van der Waals surface area contributed by atoms with E-state index in [2.05, 4.69) is 22.2 Å². The summed E-state index contributed by atoms with van der Waals surface area (Å²) in [7, 11) is 0. The summed E-state index contributed by atoms with van der Waals surface area (Å²) in [5.74, 6) is 5.91. The highest BCUT2D eigenvalue weighted by Crippen LogP contribution is 2.20. The minimum absolute atomic E-state index is 0.278. The molecule has 0 bridgehead atoms. The molecule has 1 aliphatic rings. The molecule has 0 spiro atoms. The third kappa shape index (κ3) is 4.33. The van der Waals surface area contributed by atoms with Gasteiger partial charge < -0.3 is 10.1 Å². The fourth-order valence-electron chi connectivity index (χ4n) is 2.93. The Balaban J connectivity index is 1.60. The number of carbonyl (C=O) groups excluding carboxylic acids is 1. The van der Waals surface area contributed by atoms with E-state index in [0.717, 1.165) is 5.56 Å². The third-order valence-electron chi connectivity index (χ3n) is 4.35. The number of rotatable bonds is 3. The van der Waals surface area contributed by atoms with E-state index in [4.69, 9.17) is 4.74 Å². The molecule has 5 heteroatoms. The van der Waals surface area contributed by atoms with Crippen LogP contribution in [0.5, 0.6) is 0 Å². The lowest BCUT2D eigenvalue weighted by Crippen LogP contribution is -2.16. The molecule has 1 aliphatic heterocycles. The molecule has 1 amide bonds. The van der Waals surface area contributed by atoms with E-state index in [9.17, 15) is 9.18 Å². The van der Waals surface area contributed by atoms with Crippen LogP contribution in [0.25, 0.3) is 0 Å². The van der Waals surface area contributed by atoms with Gasteiger partial charge in [-0.15, -0.1) is 0 Å². The molecule has 0 aromatic heterocycles. The van der Waals surface area contributed by atoms with Crippen molar-refractivity contribution >= 4 is 17.5 Å². The summed E-state index contributed by atoms with van der Waals surface area (Å²) in [5.41, 5.74) is 3.07. The summed E-state index contributed by atoms with van der Waals surface area (Å²) in [6.07, 6.45) is 0. The van der Waals surface area contributed by atoms with E-state index in [1.165, 1.54) is 12.1 Å². The lowest BCUT2D eigenvalue weighted by Gasteiger charge is -2.11. The van der Waals surface area contributed by atoms with Crippen LogP contribution in [-0.2, 0) is 4.74 Å². The summed E-state index contributed by atoms with van der Waals surface area (Å²) < 4.78 is 18.6. The Hall–Kier alpha value is -3.91. The van der Waals surface area contributed by atoms with Gasteiger partial charge in [0, 0.05) is 11.1 Å². The van der Waals surface area contributed by atoms with Crippen LogP contribution in [0.1, 0.15) is 27.0 Å². The van der Waals surface area contributed by atoms with E-state index in [-0.39, 0.29) is 11.7 Å². The fourth-order valence-corrected chi connectivity index (χ4v) is 2.93. The molecule has 0 atom stereocenters. The molecule has 4 rings (SSSR count). The van der Waals surface area contributed by atoms with Gasteiger partial charge >= 0.3 is 0 Å². The van der Waals surface area contributed by atoms with E-state index in [1.807, 2.05) is 30.3 Å². The highest BCUT2D eigenvalue weighted by atomic mass is 19.1. The maximum absolute atomic E-state index is 13.1. The average molecular weight is 384 g/mol. The number of nitrogens with zero attached hydrogens (tertiary/aromatic N) is 1. The number of nitrogens with one attached hydrogen (secondary N) is 1. The molecule has 0 saturated carbocycles. The van der Waals surface area contributed by atoms with Crippen LogP contribution in [-0.4, -0.2) is 25.0 Å². The number of carbonyl (C=O) groups is 1. The fraction of sp³-hybridized carbons (Fsp3) is 0.0833. The SMILES string of the molecule is O=C(Nc1ccccc1C1=NCCO1)c1ccccc1C#Cc1ccc(F)cc1. The summed E-state index contributed by atoms with van der Waals surface area (Å²) in [4.78, 5) is 17.3. The van der Waals surface area contributed by atoms with E-state index in [1.54, 1.807) is 30.3 Å². The molecule has 29 heavy (non-hydrogen) atoms. The lowest BCUT2D eigenvalue weighted by atomic mass is 10.1. The smallest absolute Gasteiger partial charge is 0.256 e. The van der Waals surface area contributed by atoms with Crippen molar-refractivity contribution in [2.24, 2.45) is 4.99 Å². The molecule has 0 unspecified atom stereocenters. The van der Waals surface area contributed by atoms with Gasteiger partial charge in [-0.2, -0.15) is 0 Å². The Morgan fingerprint density at radius 3 is 2.52 bits per heavy atom. The Kier molecular flexibility index (Phi) is 5.35. The first-order valence-electron chi connectivity index (χ1n) is 9.15. The number of hydrogen-bond acceptors (Lipinski definition) is 3. The van der Waals surface area contributed by atoms with Crippen LogP contribution < -0.4 is 5.32 Å². The molecule has 4 nitrogen and oxygen atoms in total. The maximum Gasteiger partial charge on any atom is 0.256 e. The second-order valence-corrected chi connectivity index (χ2v) is 6.34. The molecule has 0 aliphatic carbocycles. The Bertz CT molecular complexity index is 1140. The minimum Gasteiger partial charge on any atom is -0.475 e. The first-order valence-corrected chi connectivity index (χ1v) is 9.15. The number of anilines is 1. The zero-order valence-electron chi connectivity index (χ0n) is 15.5. The monoisotopic (exact) mass is 384 g/mol.